The number of nitrogens with zero attached hydrogens (tertiary/aromatic N) is 2. The number of hydrogen-bond donors (Lipinski definition) is 2. The van der Waals surface area contributed by atoms with Gasteiger partial charge in [-0.05, 0) is 32.6 Å². The number of aryl methyl sites for hydroxylation is 3. The Kier molecular flexibility index (Phi) is 3.82. The summed E-state index contributed by atoms with van der Waals surface area (Å²) < 4.78 is 0. The minimum atomic E-state index is -0.189. The maximum atomic E-state index is 12.1. The van der Waals surface area contributed by atoms with E-state index in [0.29, 0.717) is 10.8 Å². The highest BCUT2D eigenvalue weighted by Gasteiger charge is 2.17. The predicted molar refractivity (Wildman–Crippen MR) is 79.3 cm³/mol. The number of amides is 1. The van der Waals surface area contributed by atoms with Crippen LogP contribution in [0.4, 0.5) is 5.13 Å². The number of carbonyl (C=O) groups is 1. The Labute approximate surface area is 121 Å². The quantitative estimate of drug-likeness (QED) is 0.893. The summed E-state index contributed by atoms with van der Waals surface area (Å²) in [4.78, 5) is 25.0. The number of aromatic nitrogens is 3. The number of imidazole rings is 1. The lowest BCUT2D eigenvalue weighted by atomic mass is 10.0. The van der Waals surface area contributed by atoms with Gasteiger partial charge < -0.3 is 4.98 Å². The molecule has 3 rings (SSSR count). The van der Waals surface area contributed by atoms with E-state index in [0.717, 1.165) is 18.5 Å². The molecule has 2 aromatic rings. The van der Waals surface area contributed by atoms with E-state index in [1.54, 1.807) is 11.3 Å². The Morgan fingerprint density at radius 2 is 2.10 bits per heavy atom. The van der Waals surface area contributed by atoms with Crippen molar-refractivity contribution in [1.82, 2.24) is 15.0 Å². The number of nitrogens with one attached hydrogen (secondary N) is 2. The first-order valence-electron chi connectivity index (χ1n) is 7.04. The van der Waals surface area contributed by atoms with Crippen molar-refractivity contribution in [3.8, 4) is 0 Å². The summed E-state index contributed by atoms with van der Waals surface area (Å²) in [5.74, 6) is -0.189. The zero-order chi connectivity index (χ0) is 13.9. The number of rotatable bonds is 2. The Balaban J connectivity index is 1.76. The summed E-state index contributed by atoms with van der Waals surface area (Å²) in [7, 11) is 0. The molecule has 6 heteroatoms. The number of H-pyrrole nitrogens is 1. The van der Waals surface area contributed by atoms with Crippen molar-refractivity contribution in [2.45, 2.75) is 45.4 Å². The molecule has 0 saturated heterocycles. The van der Waals surface area contributed by atoms with Gasteiger partial charge in [0, 0.05) is 10.6 Å². The molecule has 106 valence electrons. The van der Waals surface area contributed by atoms with Crippen molar-refractivity contribution >= 4 is 22.4 Å². The molecule has 0 unspecified atom stereocenters. The van der Waals surface area contributed by atoms with E-state index in [9.17, 15) is 4.79 Å². The number of anilines is 1. The first-order valence-corrected chi connectivity index (χ1v) is 7.85. The summed E-state index contributed by atoms with van der Waals surface area (Å²) >= 11 is 1.61. The second-order valence-corrected chi connectivity index (χ2v) is 6.22. The predicted octanol–water partition coefficient (Wildman–Crippen LogP) is 3.09. The summed E-state index contributed by atoms with van der Waals surface area (Å²) in [5.41, 5.74) is 2.38. The molecule has 0 fully saturated rings. The van der Waals surface area contributed by atoms with Crippen molar-refractivity contribution in [3.05, 3.63) is 28.3 Å². The Morgan fingerprint density at radius 3 is 2.85 bits per heavy atom. The van der Waals surface area contributed by atoms with Crippen LogP contribution in [0, 0.1) is 6.92 Å². The number of hydrogen-bond acceptors (Lipinski definition) is 4. The van der Waals surface area contributed by atoms with Crippen molar-refractivity contribution in [1.29, 1.82) is 0 Å². The summed E-state index contributed by atoms with van der Waals surface area (Å²) in [6, 6.07) is 0. The molecule has 0 spiro atoms. The number of carbonyl (C=O) groups excluding carboxylic acids is 1. The maximum absolute atomic E-state index is 12.1. The van der Waals surface area contributed by atoms with Crippen LogP contribution >= 0.6 is 11.3 Å². The Hall–Kier alpha value is -1.69. The van der Waals surface area contributed by atoms with Gasteiger partial charge in [-0.1, -0.05) is 12.8 Å². The molecule has 0 saturated carbocycles. The van der Waals surface area contributed by atoms with Crippen LogP contribution in [0.15, 0.2) is 6.33 Å². The third kappa shape index (κ3) is 2.75. The highest BCUT2D eigenvalue weighted by molar-refractivity contribution is 7.15. The average molecular weight is 290 g/mol. The fourth-order valence-electron chi connectivity index (χ4n) is 2.50. The van der Waals surface area contributed by atoms with E-state index in [1.165, 1.54) is 42.6 Å². The zero-order valence-corrected chi connectivity index (χ0v) is 12.3. The molecule has 1 aliphatic rings. The molecule has 20 heavy (non-hydrogen) atoms. The molecule has 0 bridgehead atoms. The van der Waals surface area contributed by atoms with Crippen molar-refractivity contribution in [2.75, 3.05) is 5.32 Å². The lowest BCUT2D eigenvalue weighted by Crippen LogP contribution is -2.13. The van der Waals surface area contributed by atoms with Crippen molar-refractivity contribution < 1.29 is 4.79 Å². The molecule has 1 amide bonds. The molecule has 2 N–H and O–H groups in total. The molecule has 0 radical (unpaired) electrons. The number of thiazole rings is 1. The van der Waals surface area contributed by atoms with Crippen molar-refractivity contribution in [2.24, 2.45) is 0 Å². The fraction of sp³-hybridized carbons (Fsp3) is 0.500. The maximum Gasteiger partial charge on any atom is 0.277 e. The van der Waals surface area contributed by atoms with Gasteiger partial charge in [-0.15, -0.1) is 11.3 Å². The third-order valence-electron chi connectivity index (χ3n) is 3.61. The number of aromatic amines is 1. The molecular formula is C14H18N4OS. The van der Waals surface area contributed by atoms with Gasteiger partial charge in [-0.3, -0.25) is 10.1 Å². The first-order chi connectivity index (χ1) is 9.74. The van der Waals surface area contributed by atoms with E-state index in [4.69, 9.17) is 0 Å². The fourth-order valence-corrected chi connectivity index (χ4v) is 3.55. The topological polar surface area (TPSA) is 70.7 Å². The van der Waals surface area contributed by atoms with Gasteiger partial charge in [-0.2, -0.15) is 0 Å². The summed E-state index contributed by atoms with van der Waals surface area (Å²) in [5, 5.41) is 3.57. The third-order valence-corrected chi connectivity index (χ3v) is 4.68. The van der Waals surface area contributed by atoms with Crippen LogP contribution in [0.3, 0.4) is 0 Å². The first kappa shape index (κ1) is 13.3. The van der Waals surface area contributed by atoms with Gasteiger partial charge in [-0.25, -0.2) is 9.97 Å². The molecule has 2 heterocycles. The largest absolute Gasteiger partial charge is 0.348 e. The molecule has 2 aromatic heterocycles. The van der Waals surface area contributed by atoms with Crippen LogP contribution in [0.2, 0.25) is 0 Å². The van der Waals surface area contributed by atoms with Crippen LogP contribution in [0.25, 0.3) is 0 Å². The summed E-state index contributed by atoms with van der Waals surface area (Å²) in [6.07, 6.45) is 8.65. The average Bonchev–Trinajstić information content (AvgIpc) is 2.96. The van der Waals surface area contributed by atoms with Crippen LogP contribution in [0.1, 0.15) is 52.4 Å². The second kappa shape index (κ2) is 5.75. The van der Waals surface area contributed by atoms with E-state index < -0.39 is 0 Å². The van der Waals surface area contributed by atoms with Crippen LogP contribution < -0.4 is 5.32 Å². The van der Waals surface area contributed by atoms with Crippen LogP contribution in [-0.4, -0.2) is 20.9 Å². The standard InChI is InChI=1S/C14H18N4OS/c1-9-12(16-8-15-9)13(19)18-14-17-10-6-4-2-3-5-7-11(10)20-14/h8H,2-7H2,1H3,(H,15,16)(H,17,18,19). The number of fused-ring (bicyclic) bond motifs is 1. The molecule has 0 atom stereocenters. The normalized spacial score (nSPS) is 15.2. The lowest BCUT2D eigenvalue weighted by molar-refractivity contribution is 0.102. The Bertz CT molecular complexity index is 591. The van der Waals surface area contributed by atoms with Gasteiger partial charge in [0.05, 0.1) is 12.0 Å². The van der Waals surface area contributed by atoms with Crippen molar-refractivity contribution in [3.63, 3.8) is 0 Å². The monoisotopic (exact) mass is 290 g/mol. The van der Waals surface area contributed by atoms with Gasteiger partial charge >= 0.3 is 0 Å². The zero-order valence-electron chi connectivity index (χ0n) is 11.5. The van der Waals surface area contributed by atoms with Gasteiger partial charge in [0.1, 0.15) is 5.69 Å². The molecular weight excluding hydrogens is 272 g/mol. The van der Waals surface area contributed by atoms with E-state index in [-0.39, 0.29) is 5.91 Å². The van der Waals surface area contributed by atoms with E-state index in [1.807, 2.05) is 6.92 Å². The lowest BCUT2D eigenvalue weighted by Gasteiger charge is -2.06. The smallest absolute Gasteiger partial charge is 0.277 e. The van der Waals surface area contributed by atoms with Gasteiger partial charge in [0.15, 0.2) is 5.13 Å². The minimum absolute atomic E-state index is 0.189. The molecule has 5 nitrogen and oxygen atoms in total. The van der Waals surface area contributed by atoms with E-state index >= 15 is 0 Å². The molecule has 0 aromatic carbocycles. The Morgan fingerprint density at radius 1 is 1.30 bits per heavy atom. The van der Waals surface area contributed by atoms with Crippen LogP contribution in [-0.2, 0) is 12.8 Å². The SMILES string of the molecule is Cc1[nH]cnc1C(=O)Nc1nc2c(s1)CCCCCC2. The van der Waals surface area contributed by atoms with Crippen LogP contribution in [0.5, 0.6) is 0 Å². The highest BCUT2D eigenvalue weighted by atomic mass is 32.1. The summed E-state index contributed by atoms with van der Waals surface area (Å²) in [6.45, 7) is 1.84. The van der Waals surface area contributed by atoms with E-state index in [2.05, 4.69) is 20.3 Å². The second-order valence-electron chi connectivity index (χ2n) is 5.13. The van der Waals surface area contributed by atoms with Gasteiger partial charge in [0.25, 0.3) is 5.91 Å². The molecule has 1 aliphatic carbocycles. The molecule has 0 aliphatic heterocycles. The van der Waals surface area contributed by atoms with Gasteiger partial charge in [0.2, 0.25) is 0 Å². The minimum Gasteiger partial charge on any atom is -0.348 e. The highest BCUT2D eigenvalue weighted by Crippen LogP contribution is 2.28.